The lowest BCUT2D eigenvalue weighted by Gasteiger charge is -2.25. The van der Waals surface area contributed by atoms with Crippen LogP contribution in [0.2, 0.25) is 0 Å². The number of hydrogen-bond donors (Lipinski definition) is 2. The Balaban J connectivity index is 1.78. The first-order valence-corrected chi connectivity index (χ1v) is 9.47. The van der Waals surface area contributed by atoms with Crippen molar-refractivity contribution in [2.75, 3.05) is 37.6 Å². The molecule has 0 unspecified atom stereocenters. The van der Waals surface area contributed by atoms with Gasteiger partial charge in [-0.1, -0.05) is 18.2 Å². The fourth-order valence-electron chi connectivity index (χ4n) is 3.15. The number of para-hydroxylation sites is 1. The van der Waals surface area contributed by atoms with Gasteiger partial charge in [-0.25, -0.2) is 0 Å². The summed E-state index contributed by atoms with van der Waals surface area (Å²) in [5.74, 6) is -0.258. The van der Waals surface area contributed by atoms with Gasteiger partial charge in [0.2, 0.25) is 5.91 Å². The van der Waals surface area contributed by atoms with Crippen LogP contribution in [0.15, 0.2) is 29.2 Å². The molecule has 26 heavy (non-hydrogen) atoms. The van der Waals surface area contributed by atoms with Crippen molar-refractivity contribution in [3.05, 3.63) is 34.7 Å². The van der Waals surface area contributed by atoms with Gasteiger partial charge in [-0.3, -0.25) is 19.7 Å². The molecule has 2 fully saturated rings. The second-order valence-electron chi connectivity index (χ2n) is 6.17. The molecule has 8 heteroatoms. The van der Waals surface area contributed by atoms with Gasteiger partial charge in [0.15, 0.2) is 0 Å². The van der Waals surface area contributed by atoms with Crippen molar-refractivity contribution in [2.45, 2.75) is 12.8 Å². The second kappa shape index (κ2) is 8.37. The fraction of sp³-hybridized carbons (Fsp3) is 0.389. The number of nitrogens with two attached hydrogens (primary N) is 1. The third-order valence-electron chi connectivity index (χ3n) is 4.41. The number of anilines is 1. The highest BCUT2D eigenvalue weighted by Gasteiger charge is 2.26. The molecule has 0 spiro atoms. The van der Waals surface area contributed by atoms with Crippen LogP contribution in [0, 0.1) is 0 Å². The lowest BCUT2D eigenvalue weighted by Crippen LogP contribution is -2.36. The van der Waals surface area contributed by atoms with Crippen LogP contribution in [-0.2, 0) is 9.59 Å². The number of carbonyl (C=O) groups excluding carboxylic acids is 3. The van der Waals surface area contributed by atoms with E-state index in [-0.39, 0.29) is 17.1 Å². The number of nitrogens with one attached hydrogen (secondary N) is 1. The Labute approximate surface area is 156 Å². The molecule has 3 N–H and O–H groups in total. The van der Waals surface area contributed by atoms with E-state index in [0.717, 1.165) is 49.1 Å². The zero-order valence-corrected chi connectivity index (χ0v) is 15.3. The molecule has 7 nitrogen and oxygen atoms in total. The number of thioether (sulfide) groups is 1. The smallest absolute Gasteiger partial charge is 0.290 e. The van der Waals surface area contributed by atoms with Crippen LogP contribution < -0.4 is 16.0 Å². The predicted octanol–water partition coefficient (Wildman–Crippen LogP) is 1.40. The summed E-state index contributed by atoms with van der Waals surface area (Å²) in [4.78, 5) is 39.8. The Bertz CT molecular complexity index is 750. The van der Waals surface area contributed by atoms with Gasteiger partial charge in [0.25, 0.3) is 11.1 Å². The quantitative estimate of drug-likeness (QED) is 0.774. The first kappa shape index (κ1) is 18.5. The molecule has 0 aliphatic carbocycles. The van der Waals surface area contributed by atoms with Crippen molar-refractivity contribution in [1.29, 1.82) is 0 Å². The molecule has 138 valence electrons. The standard InChI is InChI=1S/C18H22N4O3S/c19-7-6-16(23)22-9-3-8-21(10-11-22)14-5-2-1-4-13(14)12-15-17(24)20-18(25)26-15/h1-2,4-5,12H,3,6-11,19H2,(H,20,24,25)/b15-12-. The highest BCUT2D eigenvalue weighted by atomic mass is 32.2. The maximum Gasteiger partial charge on any atom is 0.290 e. The van der Waals surface area contributed by atoms with Crippen LogP contribution in [0.25, 0.3) is 6.08 Å². The number of imide groups is 1. The first-order valence-electron chi connectivity index (χ1n) is 8.65. The van der Waals surface area contributed by atoms with Gasteiger partial charge < -0.3 is 15.5 Å². The van der Waals surface area contributed by atoms with Crippen LogP contribution in [0.5, 0.6) is 0 Å². The van der Waals surface area contributed by atoms with Crippen LogP contribution in [0.3, 0.4) is 0 Å². The summed E-state index contributed by atoms with van der Waals surface area (Å²) in [5.41, 5.74) is 7.38. The van der Waals surface area contributed by atoms with Gasteiger partial charge in [0, 0.05) is 44.8 Å². The van der Waals surface area contributed by atoms with Gasteiger partial charge in [-0.05, 0) is 35.9 Å². The van der Waals surface area contributed by atoms with Crippen LogP contribution in [0.4, 0.5) is 10.5 Å². The summed E-state index contributed by atoms with van der Waals surface area (Å²) < 4.78 is 0. The summed E-state index contributed by atoms with van der Waals surface area (Å²) in [6, 6.07) is 7.79. The number of amides is 3. The Kier molecular flexibility index (Phi) is 5.95. The van der Waals surface area contributed by atoms with Crippen LogP contribution >= 0.6 is 11.8 Å². The number of benzene rings is 1. The average Bonchev–Trinajstić information content (AvgIpc) is 2.82. The second-order valence-corrected chi connectivity index (χ2v) is 7.19. The van der Waals surface area contributed by atoms with Gasteiger partial charge in [0.1, 0.15) is 0 Å². The van der Waals surface area contributed by atoms with E-state index in [9.17, 15) is 14.4 Å². The van der Waals surface area contributed by atoms with Gasteiger partial charge in [0.05, 0.1) is 4.91 Å². The molecule has 0 radical (unpaired) electrons. The molecular weight excluding hydrogens is 352 g/mol. The third kappa shape index (κ3) is 4.25. The minimum Gasteiger partial charge on any atom is -0.369 e. The summed E-state index contributed by atoms with van der Waals surface area (Å²) >= 11 is 0.916. The number of nitrogens with zero attached hydrogens (tertiary/aromatic N) is 2. The molecule has 0 saturated carbocycles. The summed E-state index contributed by atoms with van der Waals surface area (Å²) in [6.45, 7) is 3.29. The molecule has 0 aromatic heterocycles. The van der Waals surface area contributed by atoms with Crippen molar-refractivity contribution in [2.24, 2.45) is 5.73 Å². The van der Waals surface area contributed by atoms with E-state index in [1.165, 1.54) is 0 Å². The van der Waals surface area contributed by atoms with Gasteiger partial charge in [-0.15, -0.1) is 0 Å². The van der Waals surface area contributed by atoms with E-state index in [4.69, 9.17) is 5.73 Å². The summed E-state index contributed by atoms with van der Waals surface area (Å²) in [5, 5.41) is 1.93. The molecule has 2 aliphatic heterocycles. The third-order valence-corrected chi connectivity index (χ3v) is 5.22. The Morgan fingerprint density at radius 2 is 2.00 bits per heavy atom. The lowest BCUT2D eigenvalue weighted by molar-refractivity contribution is -0.130. The molecule has 0 atom stereocenters. The SMILES string of the molecule is NCCC(=O)N1CCCN(c2ccccc2/C=C2\SC(=O)NC2=O)CC1. The van der Waals surface area contributed by atoms with E-state index in [2.05, 4.69) is 10.2 Å². The molecule has 2 heterocycles. The van der Waals surface area contributed by atoms with Gasteiger partial charge >= 0.3 is 0 Å². The minimum atomic E-state index is -0.357. The molecular formula is C18H22N4O3S. The van der Waals surface area contributed by atoms with Crippen LogP contribution in [0.1, 0.15) is 18.4 Å². The van der Waals surface area contributed by atoms with E-state index in [0.29, 0.717) is 24.4 Å². The summed E-state index contributed by atoms with van der Waals surface area (Å²) in [7, 11) is 0. The van der Waals surface area contributed by atoms with E-state index < -0.39 is 0 Å². The molecule has 1 aromatic rings. The largest absolute Gasteiger partial charge is 0.369 e. The maximum atomic E-state index is 12.1. The minimum absolute atomic E-state index is 0.0993. The Hall–Kier alpha value is -2.32. The lowest BCUT2D eigenvalue weighted by atomic mass is 10.1. The van der Waals surface area contributed by atoms with E-state index in [1.807, 2.05) is 29.2 Å². The average molecular weight is 374 g/mol. The molecule has 0 bridgehead atoms. The maximum absolute atomic E-state index is 12.1. The highest BCUT2D eigenvalue weighted by Crippen LogP contribution is 2.30. The Morgan fingerprint density at radius 3 is 2.73 bits per heavy atom. The van der Waals surface area contributed by atoms with Crippen LogP contribution in [-0.4, -0.2) is 54.7 Å². The van der Waals surface area contributed by atoms with Gasteiger partial charge in [-0.2, -0.15) is 0 Å². The van der Waals surface area contributed by atoms with Crippen molar-refractivity contribution < 1.29 is 14.4 Å². The monoisotopic (exact) mass is 374 g/mol. The topological polar surface area (TPSA) is 95.7 Å². The fourth-order valence-corrected chi connectivity index (χ4v) is 3.82. The predicted molar refractivity (Wildman–Crippen MR) is 103 cm³/mol. The zero-order valence-electron chi connectivity index (χ0n) is 14.4. The number of rotatable bonds is 4. The molecule has 1 aromatic carbocycles. The van der Waals surface area contributed by atoms with Crippen molar-refractivity contribution >= 4 is 40.6 Å². The molecule has 2 saturated heterocycles. The van der Waals surface area contributed by atoms with Crippen molar-refractivity contribution in [3.63, 3.8) is 0 Å². The number of carbonyl (C=O) groups is 3. The molecule has 3 amide bonds. The number of hydrogen-bond acceptors (Lipinski definition) is 6. The zero-order chi connectivity index (χ0) is 18.5. The normalized spacial score (nSPS) is 19.7. The highest BCUT2D eigenvalue weighted by molar-refractivity contribution is 8.18. The molecule has 3 rings (SSSR count). The Morgan fingerprint density at radius 1 is 1.19 bits per heavy atom. The van der Waals surface area contributed by atoms with Crippen molar-refractivity contribution in [3.8, 4) is 0 Å². The van der Waals surface area contributed by atoms with Crippen molar-refractivity contribution in [1.82, 2.24) is 10.2 Å². The van der Waals surface area contributed by atoms with E-state index >= 15 is 0 Å². The summed E-state index contributed by atoms with van der Waals surface area (Å²) in [6.07, 6.45) is 3.00. The van der Waals surface area contributed by atoms with E-state index in [1.54, 1.807) is 6.08 Å². The first-order chi connectivity index (χ1) is 12.6. The molecule has 2 aliphatic rings.